The molecular formula is C25H23N3O5. The molecule has 0 atom stereocenters. The number of nitrogens with zero attached hydrogens (tertiary/aromatic N) is 1. The van der Waals surface area contributed by atoms with Gasteiger partial charge in [0, 0.05) is 37.0 Å². The lowest BCUT2D eigenvalue weighted by atomic mass is 10.1. The van der Waals surface area contributed by atoms with E-state index in [1.165, 1.54) is 12.1 Å². The van der Waals surface area contributed by atoms with Crippen LogP contribution in [0.2, 0.25) is 0 Å². The summed E-state index contributed by atoms with van der Waals surface area (Å²) >= 11 is 0. The van der Waals surface area contributed by atoms with Crippen LogP contribution in [0.3, 0.4) is 0 Å². The molecule has 4 rings (SSSR count). The van der Waals surface area contributed by atoms with Gasteiger partial charge in [-0.2, -0.15) is 0 Å². The van der Waals surface area contributed by atoms with Crippen molar-refractivity contribution in [1.82, 2.24) is 10.5 Å². The average molecular weight is 445 g/mol. The van der Waals surface area contributed by atoms with Crippen LogP contribution in [0.1, 0.15) is 23.0 Å². The quantitative estimate of drug-likeness (QED) is 0.304. The van der Waals surface area contributed by atoms with Gasteiger partial charge in [0.15, 0.2) is 11.5 Å². The average Bonchev–Trinajstić information content (AvgIpc) is 3.29. The van der Waals surface area contributed by atoms with Gasteiger partial charge in [-0.1, -0.05) is 35.5 Å². The first kappa shape index (κ1) is 21.8. The lowest BCUT2D eigenvalue weighted by Crippen LogP contribution is -2.22. The van der Waals surface area contributed by atoms with Crippen molar-refractivity contribution in [3.05, 3.63) is 84.1 Å². The molecule has 33 heavy (non-hydrogen) atoms. The van der Waals surface area contributed by atoms with Gasteiger partial charge in [0.25, 0.3) is 5.91 Å². The Morgan fingerprint density at radius 2 is 1.79 bits per heavy atom. The number of amides is 1. The van der Waals surface area contributed by atoms with Gasteiger partial charge >= 0.3 is 0 Å². The van der Waals surface area contributed by atoms with Crippen LogP contribution in [-0.2, 0) is 6.54 Å². The number of anilines is 1. The Morgan fingerprint density at radius 1 is 1.03 bits per heavy atom. The number of ether oxygens (including phenoxy) is 1. The van der Waals surface area contributed by atoms with Gasteiger partial charge in [0.2, 0.25) is 0 Å². The molecule has 8 nitrogen and oxygen atoms in total. The zero-order valence-corrected chi connectivity index (χ0v) is 17.9. The van der Waals surface area contributed by atoms with Crippen LogP contribution in [0.5, 0.6) is 23.0 Å². The van der Waals surface area contributed by atoms with Crippen LogP contribution in [0.25, 0.3) is 11.3 Å². The van der Waals surface area contributed by atoms with Crippen molar-refractivity contribution in [3.8, 4) is 34.3 Å². The van der Waals surface area contributed by atoms with Crippen LogP contribution >= 0.6 is 0 Å². The molecule has 3 aromatic carbocycles. The van der Waals surface area contributed by atoms with Crippen molar-refractivity contribution in [1.29, 1.82) is 0 Å². The number of carbonyl (C=O) groups is 1. The monoisotopic (exact) mass is 445 g/mol. The summed E-state index contributed by atoms with van der Waals surface area (Å²) in [5.41, 5.74) is 2.31. The summed E-state index contributed by atoms with van der Waals surface area (Å²) in [6.45, 7) is 2.92. The summed E-state index contributed by atoms with van der Waals surface area (Å²) in [6, 6.07) is 21.2. The summed E-state index contributed by atoms with van der Waals surface area (Å²) < 4.78 is 11.2. The van der Waals surface area contributed by atoms with Gasteiger partial charge in [-0.15, -0.1) is 0 Å². The van der Waals surface area contributed by atoms with Crippen molar-refractivity contribution in [2.24, 2.45) is 0 Å². The Bertz CT molecular complexity index is 1240. The molecule has 0 spiro atoms. The molecule has 4 N–H and O–H groups in total. The molecule has 1 amide bonds. The fraction of sp³-hybridized carbons (Fsp3) is 0.120. The maximum Gasteiger partial charge on any atom is 0.273 e. The van der Waals surface area contributed by atoms with E-state index in [1.54, 1.807) is 19.1 Å². The van der Waals surface area contributed by atoms with Crippen LogP contribution in [0, 0.1) is 0 Å². The number of hydrogen-bond acceptors (Lipinski definition) is 7. The summed E-state index contributed by atoms with van der Waals surface area (Å²) in [7, 11) is 0. The molecule has 4 aromatic rings. The largest absolute Gasteiger partial charge is 0.508 e. The van der Waals surface area contributed by atoms with E-state index in [1.807, 2.05) is 42.5 Å². The lowest BCUT2D eigenvalue weighted by molar-refractivity contribution is 0.0947. The van der Waals surface area contributed by atoms with Crippen molar-refractivity contribution >= 4 is 11.6 Å². The molecule has 0 fully saturated rings. The first-order valence-corrected chi connectivity index (χ1v) is 10.4. The summed E-state index contributed by atoms with van der Waals surface area (Å²) in [4.78, 5) is 12.0. The van der Waals surface area contributed by atoms with E-state index < -0.39 is 5.91 Å². The van der Waals surface area contributed by atoms with E-state index in [0.717, 1.165) is 17.3 Å². The maximum absolute atomic E-state index is 12.0. The second kappa shape index (κ2) is 9.78. The Labute approximate surface area is 190 Å². The number of hydrogen-bond donors (Lipinski definition) is 4. The molecule has 0 unspecified atom stereocenters. The fourth-order valence-electron chi connectivity index (χ4n) is 3.23. The van der Waals surface area contributed by atoms with Crippen molar-refractivity contribution in [3.63, 3.8) is 0 Å². The van der Waals surface area contributed by atoms with Crippen molar-refractivity contribution < 1.29 is 24.3 Å². The third kappa shape index (κ3) is 5.24. The predicted molar refractivity (Wildman–Crippen MR) is 124 cm³/mol. The van der Waals surface area contributed by atoms with E-state index in [-0.39, 0.29) is 34.3 Å². The van der Waals surface area contributed by atoms with Crippen LogP contribution in [0.4, 0.5) is 5.69 Å². The molecule has 0 aliphatic carbocycles. The van der Waals surface area contributed by atoms with Gasteiger partial charge in [0.05, 0.1) is 0 Å². The number of carbonyl (C=O) groups excluding carboxylic acids is 1. The number of rotatable bonds is 8. The molecule has 1 aromatic heterocycles. The minimum atomic E-state index is -0.396. The molecular weight excluding hydrogens is 422 g/mol. The van der Waals surface area contributed by atoms with E-state index in [2.05, 4.69) is 15.8 Å². The Balaban J connectivity index is 1.54. The topological polar surface area (TPSA) is 117 Å². The summed E-state index contributed by atoms with van der Waals surface area (Å²) in [6.07, 6.45) is 0. The highest BCUT2D eigenvalue weighted by Gasteiger charge is 2.21. The third-order valence-corrected chi connectivity index (χ3v) is 4.81. The first-order valence-electron chi connectivity index (χ1n) is 10.4. The smallest absolute Gasteiger partial charge is 0.273 e. The number of benzene rings is 3. The molecule has 8 heteroatoms. The van der Waals surface area contributed by atoms with Crippen molar-refractivity contribution in [2.45, 2.75) is 13.5 Å². The van der Waals surface area contributed by atoms with E-state index in [0.29, 0.717) is 18.8 Å². The zero-order chi connectivity index (χ0) is 23.2. The summed E-state index contributed by atoms with van der Waals surface area (Å²) in [5, 5.41) is 30.1. The fourth-order valence-corrected chi connectivity index (χ4v) is 3.23. The van der Waals surface area contributed by atoms with Gasteiger partial charge in [0.1, 0.15) is 28.6 Å². The van der Waals surface area contributed by atoms with Crippen LogP contribution < -0.4 is 15.4 Å². The molecule has 0 aliphatic rings. The SMILES string of the molecule is CCNC(=O)c1cc(-c2c(O)cc(O)cc2Oc2ccc(NCc3ccccc3)cc2)on1. The molecule has 0 aliphatic heterocycles. The molecule has 0 bridgehead atoms. The number of phenols is 2. The van der Waals surface area contributed by atoms with E-state index in [4.69, 9.17) is 9.26 Å². The first-order chi connectivity index (χ1) is 16.0. The molecule has 168 valence electrons. The van der Waals surface area contributed by atoms with E-state index >= 15 is 0 Å². The highest BCUT2D eigenvalue weighted by molar-refractivity contribution is 5.93. The van der Waals surface area contributed by atoms with Gasteiger partial charge in [-0.05, 0) is 36.8 Å². The number of aromatic hydroxyl groups is 2. The van der Waals surface area contributed by atoms with Gasteiger partial charge in [-0.3, -0.25) is 4.79 Å². The number of aromatic nitrogens is 1. The van der Waals surface area contributed by atoms with Gasteiger partial charge < -0.3 is 30.1 Å². The lowest BCUT2D eigenvalue weighted by Gasteiger charge is -2.12. The van der Waals surface area contributed by atoms with E-state index in [9.17, 15) is 15.0 Å². The Hall–Kier alpha value is -4.46. The molecule has 0 saturated carbocycles. The standard InChI is InChI=1S/C25H23N3O5/c1-2-26-25(31)20-14-23(33-28-20)24-21(30)12-18(29)13-22(24)32-19-10-8-17(9-11-19)27-15-16-6-4-3-5-7-16/h3-14,27,29-30H,2,15H2,1H3,(H,26,31). The molecule has 0 saturated heterocycles. The molecule has 0 radical (unpaired) electrons. The highest BCUT2D eigenvalue weighted by atomic mass is 16.5. The summed E-state index contributed by atoms with van der Waals surface area (Å²) in [5.74, 6) is -0.0941. The number of nitrogens with one attached hydrogen (secondary N) is 2. The Morgan fingerprint density at radius 3 is 2.52 bits per heavy atom. The molecule has 1 heterocycles. The second-order valence-electron chi connectivity index (χ2n) is 7.24. The zero-order valence-electron chi connectivity index (χ0n) is 17.9. The third-order valence-electron chi connectivity index (χ3n) is 4.81. The Kier molecular flexibility index (Phi) is 6.45. The maximum atomic E-state index is 12.0. The number of phenolic OH excluding ortho intramolecular Hbond substituents is 2. The predicted octanol–water partition coefficient (Wildman–Crippen LogP) is 4.91. The van der Waals surface area contributed by atoms with Crippen LogP contribution in [0.15, 0.2) is 77.3 Å². The van der Waals surface area contributed by atoms with Gasteiger partial charge in [-0.25, -0.2) is 0 Å². The minimum absolute atomic E-state index is 0.0686. The van der Waals surface area contributed by atoms with Crippen molar-refractivity contribution in [2.75, 3.05) is 11.9 Å². The normalized spacial score (nSPS) is 10.6. The van der Waals surface area contributed by atoms with Crippen LogP contribution in [-0.4, -0.2) is 27.8 Å². The minimum Gasteiger partial charge on any atom is -0.508 e. The second-order valence-corrected chi connectivity index (χ2v) is 7.24. The highest BCUT2D eigenvalue weighted by Crippen LogP contribution is 2.43.